The summed E-state index contributed by atoms with van der Waals surface area (Å²) in [4.78, 5) is 5.23. The van der Waals surface area contributed by atoms with Crippen molar-refractivity contribution in [3.05, 3.63) is 46.4 Å². The Morgan fingerprint density at radius 2 is 2.19 bits per heavy atom. The molecule has 1 aromatic carbocycles. The molecule has 0 aliphatic heterocycles. The zero-order valence-electron chi connectivity index (χ0n) is 8.76. The Morgan fingerprint density at radius 1 is 1.38 bits per heavy atom. The topological polar surface area (TPSA) is 77.0 Å². The molecule has 16 heavy (non-hydrogen) atoms. The van der Waals surface area contributed by atoms with Crippen LogP contribution < -0.4 is 17.0 Å². The minimum Gasteiger partial charge on any atom is -0.398 e. The van der Waals surface area contributed by atoms with Gasteiger partial charge in [-0.2, -0.15) is 0 Å². The predicted octanol–water partition coefficient (Wildman–Crippen LogP) is 1.47. The van der Waals surface area contributed by atoms with Crippen molar-refractivity contribution >= 4 is 17.0 Å². The first-order chi connectivity index (χ1) is 7.81. The second-order valence-electron chi connectivity index (χ2n) is 3.52. The van der Waals surface area contributed by atoms with E-state index in [1.807, 2.05) is 36.0 Å². The van der Waals surface area contributed by atoms with Gasteiger partial charge in [-0.15, -0.1) is 11.3 Å². The van der Waals surface area contributed by atoms with Crippen LogP contribution in [0.5, 0.6) is 0 Å². The quantitative estimate of drug-likeness (QED) is 0.425. The summed E-state index contributed by atoms with van der Waals surface area (Å²) in [6.45, 7) is 0. The summed E-state index contributed by atoms with van der Waals surface area (Å²) in [5.41, 5.74) is 12.3. The number of hydrogen-bond donors (Lipinski definition) is 3. The lowest BCUT2D eigenvalue weighted by Crippen LogP contribution is -2.30. The van der Waals surface area contributed by atoms with Crippen LogP contribution in [0, 0.1) is 0 Å². The molecule has 0 saturated carbocycles. The van der Waals surface area contributed by atoms with Crippen molar-refractivity contribution in [2.45, 2.75) is 12.5 Å². The molecule has 0 amide bonds. The fourth-order valence-corrected chi connectivity index (χ4v) is 2.27. The van der Waals surface area contributed by atoms with Crippen LogP contribution in [0.3, 0.4) is 0 Å². The van der Waals surface area contributed by atoms with Crippen molar-refractivity contribution in [3.63, 3.8) is 0 Å². The summed E-state index contributed by atoms with van der Waals surface area (Å²) in [7, 11) is 0. The number of nitrogen functional groups attached to an aromatic ring is 1. The first kappa shape index (κ1) is 11.1. The zero-order chi connectivity index (χ0) is 11.4. The highest BCUT2D eigenvalue weighted by Gasteiger charge is 2.13. The van der Waals surface area contributed by atoms with E-state index >= 15 is 0 Å². The Kier molecular flexibility index (Phi) is 3.51. The second-order valence-corrected chi connectivity index (χ2v) is 4.49. The highest BCUT2D eigenvalue weighted by Crippen LogP contribution is 2.24. The molecule has 1 heterocycles. The molecule has 5 N–H and O–H groups in total. The molecule has 0 aliphatic rings. The van der Waals surface area contributed by atoms with Crippen molar-refractivity contribution in [2.24, 2.45) is 5.84 Å². The third-order valence-corrected chi connectivity index (χ3v) is 3.26. The van der Waals surface area contributed by atoms with Gasteiger partial charge in [0.15, 0.2) is 0 Å². The first-order valence-electron chi connectivity index (χ1n) is 4.99. The van der Waals surface area contributed by atoms with Crippen molar-refractivity contribution in [2.75, 3.05) is 5.73 Å². The van der Waals surface area contributed by atoms with Gasteiger partial charge in [-0.1, -0.05) is 18.2 Å². The number of para-hydroxylation sites is 1. The Hall–Kier alpha value is -1.43. The zero-order valence-corrected chi connectivity index (χ0v) is 9.58. The van der Waals surface area contributed by atoms with Crippen LogP contribution in [0.4, 0.5) is 5.69 Å². The van der Waals surface area contributed by atoms with E-state index in [1.165, 1.54) is 4.88 Å². The van der Waals surface area contributed by atoms with E-state index in [2.05, 4.69) is 10.4 Å². The van der Waals surface area contributed by atoms with Crippen molar-refractivity contribution in [1.82, 2.24) is 10.4 Å². The molecule has 0 spiro atoms. The van der Waals surface area contributed by atoms with E-state index < -0.39 is 0 Å². The van der Waals surface area contributed by atoms with Gasteiger partial charge >= 0.3 is 0 Å². The summed E-state index contributed by atoms with van der Waals surface area (Å²) in [5.74, 6) is 5.57. The van der Waals surface area contributed by atoms with Gasteiger partial charge in [-0.05, 0) is 11.6 Å². The number of aromatic nitrogens is 1. The van der Waals surface area contributed by atoms with Crippen molar-refractivity contribution < 1.29 is 0 Å². The van der Waals surface area contributed by atoms with Gasteiger partial charge in [0.25, 0.3) is 0 Å². The van der Waals surface area contributed by atoms with Crippen molar-refractivity contribution in [1.29, 1.82) is 0 Å². The van der Waals surface area contributed by atoms with Crippen molar-refractivity contribution in [3.8, 4) is 0 Å². The molecule has 0 radical (unpaired) electrons. The molecular formula is C11H14N4S. The molecule has 0 aliphatic carbocycles. The first-order valence-corrected chi connectivity index (χ1v) is 5.87. The molecule has 0 saturated heterocycles. The fourth-order valence-electron chi connectivity index (χ4n) is 1.63. The van der Waals surface area contributed by atoms with Crippen LogP contribution in [0.2, 0.25) is 0 Å². The molecule has 4 nitrogen and oxygen atoms in total. The molecular weight excluding hydrogens is 220 g/mol. The minimum atomic E-state index is 0.0293. The van der Waals surface area contributed by atoms with E-state index in [-0.39, 0.29) is 6.04 Å². The van der Waals surface area contributed by atoms with Crippen LogP contribution in [0.1, 0.15) is 16.5 Å². The summed E-state index contributed by atoms with van der Waals surface area (Å²) < 4.78 is 0. The molecule has 2 aromatic rings. The Balaban J connectivity index is 2.20. The Bertz CT molecular complexity index is 441. The van der Waals surface area contributed by atoms with E-state index in [1.54, 1.807) is 11.3 Å². The highest BCUT2D eigenvalue weighted by molar-refractivity contribution is 7.09. The number of hydrazine groups is 1. The normalized spacial score (nSPS) is 12.6. The van der Waals surface area contributed by atoms with E-state index in [9.17, 15) is 0 Å². The van der Waals surface area contributed by atoms with E-state index in [0.717, 1.165) is 17.7 Å². The largest absolute Gasteiger partial charge is 0.398 e. The van der Waals surface area contributed by atoms with Gasteiger partial charge in [0.05, 0.1) is 11.6 Å². The summed E-state index contributed by atoms with van der Waals surface area (Å²) >= 11 is 1.62. The van der Waals surface area contributed by atoms with Gasteiger partial charge in [-0.3, -0.25) is 16.3 Å². The number of rotatable bonds is 4. The maximum absolute atomic E-state index is 5.92. The number of benzene rings is 1. The monoisotopic (exact) mass is 234 g/mol. The van der Waals surface area contributed by atoms with Crippen LogP contribution in [-0.2, 0) is 6.42 Å². The number of thiazole rings is 1. The average Bonchev–Trinajstić information content (AvgIpc) is 2.80. The van der Waals surface area contributed by atoms with Crippen LogP contribution in [0.25, 0.3) is 0 Å². The third-order valence-electron chi connectivity index (χ3n) is 2.46. The fraction of sp³-hybridized carbons (Fsp3) is 0.182. The summed E-state index contributed by atoms with van der Waals surface area (Å²) in [6.07, 6.45) is 2.66. The lowest BCUT2D eigenvalue weighted by atomic mass is 10.0. The van der Waals surface area contributed by atoms with E-state index in [4.69, 9.17) is 11.6 Å². The third kappa shape index (κ3) is 2.38. The number of nitrogens with two attached hydrogens (primary N) is 2. The summed E-state index contributed by atoms with van der Waals surface area (Å²) in [6, 6.07) is 7.77. The van der Waals surface area contributed by atoms with Gasteiger partial charge in [-0.25, -0.2) is 0 Å². The maximum atomic E-state index is 5.92. The van der Waals surface area contributed by atoms with Crippen LogP contribution in [0.15, 0.2) is 36.0 Å². The Labute approximate surface area is 98.3 Å². The molecule has 0 fully saturated rings. The van der Waals surface area contributed by atoms with Crippen LogP contribution >= 0.6 is 11.3 Å². The smallest absolute Gasteiger partial charge is 0.0794 e. The number of nitrogens with zero attached hydrogens (tertiary/aromatic N) is 1. The second kappa shape index (κ2) is 5.07. The molecule has 1 atom stereocenters. The average molecular weight is 234 g/mol. The van der Waals surface area contributed by atoms with Gasteiger partial charge < -0.3 is 5.73 Å². The lowest BCUT2D eigenvalue weighted by Gasteiger charge is -2.17. The number of nitrogens with one attached hydrogen (secondary N) is 1. The van der Waals surface area contributed by atoms with Gasteiger partial charge in [0.2, 0.25) is 0 Å². The molecule has 84 valence electrons. The lowest BCUT2D eigenvalue weighted by molar-refractivity contribution is 0.557. The highest BCUT2D eigenvalue weighted by atomic mass is 32.1. The standard InChI is InChI=1S/C11H14N4S/c12-10-4-2-1-3-9(10)11(15-13)5-8-6-14-7-16-8/h1-4,6-7,11,15H,5,12-13H2. The van der Waals surface area contributed by atoms with Crippen LogP contribution in [-0.4, -0.2) is 4.98 Å². The SMILES string of the molecule is NNC(Cc1cncs1)c1ccccc1N. The maximum Gasteiger partial charge on any atom is 0.0794 e. The number of anilines is 1. The Morgan fingerprint density at radius 3 is 2.81 bits per heavy atom. The minimum absolute atomic E-state index is 0.0293. The van der Waals surface area contributed by atoms with E-state index in [0.29, 0.717) is 0 Å². The van der Waals surface area contributed by atoms with Gasteiger partial charge in [0, 0.05) is 23.2 Å². The molecule has 0 bridgehead atoms. The predicted molar refractivity (Wildman–Crippen MR) is 66.7 cm³/mol. The molecule has 1 unspecified atom stereocenters. The molecule has 5 heteroatoms. The van der Waals surface area contributed by atoms with Gasteiger partial charge in [0.1, 0.15) is 0 Å². The summed E-state index contributed by atoms with van der Waals surface area (Å²) in [5, 5.41) is 0. The number of hydrogen-bond acceptors (Lipinski definition) is 5. The molecule has 2 rings (SSSR count). The molecule has 1 aromatic heterocycles.